The van der Waals surface area contributed by atoms with E-state index in [1.165, 1.54) is 0 Å². The Bertz CT molecular complexity index is 537. The molecule has 2 heterocycles. The predicted molar refractivity (Wildman–Crippen MR) is 73.2 cm³/mol. The highest BCUT2D eigenvalue weighted by atomic mass is 32.2. The van der Waals surface area contributed by atoms with Gasteiger partial charge in [0.2, 0.25) is 0 Å². The smallest absolute Gasteiger partial charge is 0.133 e. The summed E-state index contributed by atoms with van der Waals surface area (Å²) in [5, 5.41) is 4.10. The van der Waals surface area contributed by atoms with Crippen LogP contribution in [-0.2, 0) is 0 Å². The van der Waals surface area contributed by atoms with Crippen molar-refractivity contribution < 1.29 is 4.42 Å². The number of furan rings is 1. The molecule has 2 rings (SSSR count). The molecule has 96 valence electrons. The SMILES string of the molecule is CNc1ncnc(Sc2ccoc2C)c1C(C)C. The van der Waals surface area contributed by atoms with Gasteiger partial charge < -0.3 is 9.73 Å². The topological polar surface area (TPSA) is 51.0 Å². The van der Waals surface area contributed by atoms with E-state index >= 15 is 0 Å². The Morgan fingerprint density at radius 1 is 1.33 bits per heavy atom. The van der Waals surface area contributed by atoms with Crippen LogP contribution in [0.4, 0.5) is 5.82 Å². The van der Waals surface area contributed by atoms with Crippen LogP contribution in [0.25, 0.3) is 0 Å². The number of nitrogens with zero attached hydrogens (tertiary/aromatic N) is 2. The summed E-state index contributed by atoms with van der Waals surface area (Å²) >= 11 is 1.62. The van der Waals surface area contributed by atoms with Crippen molar-refractivity contribution in [3.8, 4) is 0 Å². The largest absolute Gasteiger partial charge is 0.468 e. The van der Waals surface area contributed by atoms with Crippen molar-refractivity contribution in [1.29, 1.82) is 0 Å². The average molecular weight is 263 g/mol. The van der Waals surface area contributed by atoms with E-state index in [0.717, 1.165) is 27.1 Å². The van der Waals surface area contributed by atoms with Crippen molar-refractivity contribution >= 4 is 17.6 Å². The molecule has 4 nitrogen and oxygen atoms in total. The highest BCUT2D eigenvalue weighted by Crippen LogP contribution is 2.36. The predicted octanol–water partition coefficient (Wildman–Crippen LogP) is 3.69. The summed E-state index contributed by atoms with van der Waals surface area (Å²) in [5.74, 6) is 2.17. The molecule has 0 aliphatic heterocycles. The Labute approximate surface area is 111 Å². The molecule has 0 aliphatic rings. The summed E-state index contributed by atoms with van der Waals surface area (Å²) in [6.07, 6.45) is 3.29. The van der Waals surface area contributed by atoms with Gasteiger partial charge >= 0.3 is 0 Å². The van der Waals surface area contributed by atoms with Crippen LogP contribution in [0.1, 0.15) is 31.1 Å². The standard InChI is InChI=1S/C13H17N3OS/c1-8(2)11-12(14-4)15-7-16-13(11)18-10-5-6-17-9(10)3/h5-8H,1-4H3,(H,14,15,16). The highest BCUT2D eigenvalue weighted by molar-refractivity contribution is 7.99. The minimum absolute atomic E-state index is 0.364. The number of aromatic nitrogens is 2. The maximum atomic E-state index is 5.31. The van der Waals surface area contributed by atoms with E-state index in [4.69, 9.17) is 4.42 Å². The Balaban J connectivity index is 2.41. The maximum absolute atomic E-state index is 5.31. The number of aryl methyl sites for hydroxylation is 1. The van der Waals surface area contributed by atoms with E-state index in [2.05, 4.69) is 29.1 Å². The second-order valence-electron chi connectivity index (χ2n) is 4.29. The zero-order valence-electron chi connectivity index (χ0n) is 11.0. The molecular weight excluding hydrogens is 246 g/mol. The van der Waals surface area contributed by atoms with Crippen LogP contribution in [0, 0.1) is 6.92 Å². The molecule has 0 fully saturated rings. The van der Waals surface area contributed by atoms with Crippen molar-refractivity contribution in [3.63, 3.8) is 0 Å². The normalized spacial score (nSPS) is 10.9. The number of anilines is 1. The molecule has 0 bridgehead atoms. The molecule has 1 N–H and O–H groups in total. The quantitative estimate of drug-likeness (QED) is 0.852. The van der Waals surface area contributed by atoms with E-state index < -0.39 is 0 Å². The van der Waals surface area contributed by atoms with Crippen LogP contribution < -0.4 is 5.32 Å². The van der Waals surface area contributed by atoms with E-state index in [-0.39, 0.29) is 0 Å². The number of hydrogen-bond donors (Lipinski definition) is 1. The second kappa shape index (κ2) is 5.44. The van der Waals surface area contributed by atoms with Gasteiger partial charge in [0.25, 0.3) is 0 Å². The minimum atomic E-state index is 0.364. The van der Waals surface area contributed by atoms with Crippen molar-refractivity contribution in [2.45, 2.75) is 36.6 Å². The van der Waals surface area contributed by atoms with Crippen LogP contribution in [0.2, 0.25) is 0 Å². The van der Waals surface area contributed by atoms with Gasteiger partial charge in [-0.3, -0.25) is 0 Å². The molecule has 0 saturated heterocycles. The minimum Gasteiger partial charge on any atom is -0.468 e. The molecule has 0 radical (unpaired) electrons. The Kier molecular flexibility index (Phi) is 3.91. The zero-order valence-corrected chi connectivity index (χ0v) is 11.8. The van der Waals surface area contributed by atoms with Gasteiger partial charge in [-0.25, -0.2) is 9.97 Å². The van der Waals surface area contributed by atoms with Crippen molar-refractivity contribution in [2.24, 2.45) is 0 Å². The van der Waals surface area contributed by atoms with Gasteiger partial charge in [0.1, 0.15) is 22.9 Å². The summed E-state index contributed by atoms with van der Waals surface area (Å²) in [7, 11) is 1.88. The molecule has 0 aliphatic carbocycles. The molecule has 0 unspecified atom stereocenters. The van der Waals surface area contributed by atoms with Gasteiger partial charge in [0, 0.05) is 12.6 Å². The maximum Gasteiger partial charge on any atom is 0.133 e. The first kappa shape index (κ1) is 13.0. The van der Waals surface area contributed by atoms with Gasteiger partial charge in [0.15, 0.2) is 0 Å². The summed E-state index contributed by atoms with van der Waals surface area (Å²) in [6.45, 7) is 6.25. The lowest BCUT2D eigenvalue weighted by atomic mass is 10.1. The van der Waals surface area contributed by atoms with Gasteiger partial charge in [0.05, 0.1) is 11.2 Å². The second-order valence-corrected chi connectivity index (χ2v) is 5.32. The molecule has 5 heteroatoms. The van der Waals surface area contributed by atoms with Gasteiger partial charge in [-0.05, 0) is 18.9 Å². The molecule has 0 amide bonds. The fourth-order valence-electron chi connectivity index (χ4n) is 1.76. The molecule has 18 heavy (non-hydrogen) atoms. The first-order valence-corrected chi connectivity index (χ1v) is 6.69. The van der Waals surface area contributed by atoms with Crippen LogP contribution >= 0.6 is 11.8 Å². The zero-order chi connectivity index (χ0) is 13.1. The Morgan fingerprint density at radius 2 is 2.11 bits per heavy atom. The molecule has 0 spiro atoms. The average Bonchev–Trinajstić information content (AvgIpc) is 2.74. The summed E-state index contributed by atoms with van der Waals surface area (Å²) in [5.41, 5.74) is 1.14. The Morgan fingerprint density at radius 3 is 2.67 bits per heavy atom. The van der Waals surface area contributed by atoms with E-state index in [9.17, 15) is 0 Å². The van der Waals surface area contributed by atoms with Gasteiger partial charge in [-0.1, -0.05) is 25.6 Å². The molecule has 0 aromatic carbocycles. The van der Waals surface area contributed by atoms with Crippen LogP contribution in [0.5, 0.6) is 0 Å². The third-order valence-electron chi connectivity index (χ3n) is 2.68. The number of hydrogen-bond acceptors (Lipinski definition) is 5. The number of rotatable bonds is 4. The third kappa shape index (κ3) is 2.51. The monoisotopic (exact) mass is 263 g/mol. The van der Waals surface area contributed by atoms with Crippen molar-refractivity contribution in [3.05, 3.63) is 30.0 Å². The van der Waals surface area contributed by atoms with Crippen LogP contribution in [0.3, 0.4) is 0 Å². The Hall–Kier alpha value is -1.49. The molecular formula is C13H17N3OS. The molecule has 2 aromatic heterocycles. The van der Waals surface area contributed by atoms with Gasteiger partial charge in [-0.2, -0.15) is 0 Å². The lowest BCUT2D eigenvalue weighted by molar-refractivity contribution is 0.527. The fourth-order valence-corrected chi connectivity index (χ4v) is 2.83. The van der Waals surface area contributed by atoms with Crippen LogP contribution in [-0.4, -0.2) is 17.0 Å². The van der Waals surface area contributed by atoms with Gasteiger partial charge in [-0.15, -0.1) is 0 Å². The molecule has 2 aromatic rings. The summed E-state index contributed by atoms with van der Waals surface area (Å²) in [6, 6.07) is 1.96. The van der Waals surface area contributed by atoms with Crippen molar-refractivity contribution in [1.82, 2.24) is 9.97 Å². The first-order valence-electron chi connectivity index (χ1n) is 5.88. The van der Waals surface area contributed by atoms with Crippen molar-refractivity contribution in [2.75, 3.05) is 12.4 Å². The summed E-state index contributed by atoms with van der Waals surface area (Å²) in [4.78, 5) is 9.76. The lowest BCUT2D eigenvalue weighted by Gasteiger charge is -2.14. The fraction of sp³-hybridized carbons (Fsp3) is 0.385. The lowest BCUT2D eigenvalue weighted by Crippen LogP contribution is -2.03. The van der Waals surface area contributed by atoms with E-state index in [0.29, 0.717) is 5.92 Å². The van der Waals surface area contributed by atoms with E-state index in [1.807, 2.05) is 20.0 Å². The third-order valence-corrected chi connectivity index (χ3v) is 3.84. The first-order chi connectivity index (χ1) is 8.63. The van der Waals surface area contributed by atoms with E-state index in [1.54, 1.807) is 24.4 Å². The highest BCUT2D eigenvalue weighted by Gasteiger charge is 2.16. The summed E-state index contributed by atoms with van der Waals surface area (Å²) < 4.78 is 5.31. The molecule has 0 saturated carbocycles. The number of nitrogens with one attached hydrogen (secondary N) is 1. The van der Waals surface area contributed by atoms with Crippen LogP contribution in [0.15, 0.2) is 33.0 Å². The molecule has 0 atom stereocenters.